The standard InChI is InChI=1S/C9H10BrNO2/c1-2-11(10)8-4-3-7(6-12)9(13)5-8/h3-6,13H,2H2,1H3. The normalized spacial score (nSPS) is 9.69. The number of carbonyl (C=O) groups is 1. The van der Waals surface area contributed by atoms with Gasteiger partial charge < -0.3 is 9.03 Å². The van der Waals surface area contributed by atoms with Gasteiger partial charge in [-0.2, -0.15) is 0 Å². The first-order valence-corrected chi connectivity index (χ1v) is 4.61. The molecule has 0 aliphatic rings. The number of aldehydes is 1. The van der Waals surface area contributed by atoms with Crippen LogP contribution in [-0.4, -0.2) is 17.9 Å². The van der Waals surface area contributed by atoms with E-state index in [-0.39, 0.29) is 5.75 Å². The molecule has 13 heavy (non-hydrogen) atoms. The summed E-state index contributed by atoms with van der Waals surface area (Å²) < 4.78 is 1.79. The zero-order chi connectivity index (χ0) is 9.84. The van der Waals surface area contributed by atoms with Gasteiger partial charge in [-0.25, -0.2) is 0 Å². The second-order valence-electron chi connectivity index (χ2n) is 2.54. The summed E-state index contributed by atoms with van der Waals surface area (Å²) in [6, 6.07) is 4.89. The summed E-state index contributed by atoms with van der Waals surface area (Å²) in [6.07, 6.45) is 0.629. The van der Waals surface area contributed by atoms with Gasteiger partial charge in [-0.3, -0.25) is 4.79 Å². The van der Waals surface area contributed by atoms with Crippen LogP contribution in [0.2, 0.25) is 0 Å². The molecule has 0 bridgehead atoms. The van der Waals surface area contributed by atoms with Crippen molar-refractivity contribution in [1.82, 2.24) is 0 Å². The van der Waals surface area contributed by atoms with Crippen molar-refractivity contribution in [1.29, 1.82) is 0 Å². The third-order valence-corrected chi connectivity index (χ3v) is 2.61. The van der Waals surface area contributed by atoms with E-state index in [1.807, 2.05) is 6.92 Å². The fourth-order valence-electron chi connectivity index (χ4n) is 0.965. The number of hydrogen-bond donors (Lipinski definition) is 1. The molecule has 0 aliphatic heterocycles. The summed E-state index contributed by atoms with van der Waals surface area (Å²) in [5, 5.41) is 9.36. The second-order valence-corrected chi connectivity index (χ2v) is 3.40. The Balaban J connectivity index is 3.02. The van der Waals surface area contributed by atoms with E-state index in [0.29, 0.717) is 11.8 Å². The largest absolute Gasteiger partial charge is 0.507 e. The maximum Gasteiger partial charge on any atom is 0.153 e. The highest BCUT2D eigenvalue weighted by molar-refractivity contribution is 9.10. The number of hydrogen-bond acceptors (Lipinski definition) is 3. The highest BCUT2D eigenvalue weighted by Gasteiger charge is 2.04. The molecule has 0 atom stereocenters. The average Bonchev–Trinajstić information content (AvgIpc) is 2.16. The Labute approximate surface area is 85.3 Å². The first kappa shape index (κ1) is 10.1. The van der Waals surface area contributed by atoms with Crippen molar-refractivity contribution in [2.75, 3.05) is 10.5 Å². The SMILES string of the molecule is CCN(Br)c1ccc(C=O)c(O)c1. The average molecular weight is 244 g/mol. The van der Waals surface area contributed by atoms with Gasteiger partial charge in [0, 0.05) is 28.8 Å². The number of aromatic hydroxyl groups is 1. The Morgan fingerprint density at radius 2 is 2.31 bits per heavy atom. The quantitative estimate of drug-likeness (QED) is 0.655. The number of phenols is 1. The van der Waals surface area contributed by atoms with Gasteiger partial charge in [-0.05, 0) is 19.1 Å². The van der Waals surface area contributed by atoms with E-state index in [4.69, 9.17) is 0 Å². The zero-order valence-corrected chi connectivity index (χ0v) is 8.78. The lowest BCUT2D eigenvalue weighted by Gasteiger charge is -2.13. The molecule has 4 heteroatoms. The van der Waals surface area contributed by atoms with E-state index in [2.05, 4.69) is 16.1 Å². The summed E-state index contributed by atoms with van der Waals surface area (Å²) >= 11 is 3.30. The van der Waals surface area contributed by atoms with Crippen LogP contribution in [-0.2, 0) is 0 Å². The van der Waals surface area contributed by atoms with Crippen LogP contribution >= 0.6 is 16.1 Å². The first-order chi connectivity index (χ1) is 6.19. The summed E-state index contributed by atoms with van der Waals surface area (Å²) in [4.78, 5) is 10.4. The van der Waals surface area contributed by atoms with E-state index in [1.165, 1.54) is 0 Å². The molecule has 0 aliphatic carbocycles. The minimum atomic E-state index is 0.00500. The fraction of sp³-hybridized carbons (Fsp3) is 0.222. The maximum atomic E-state index is 10.4. The maximum absolute atomic E-state index is 10.4. The Hall–Kier alpha value is -1.03. The number of nitrogens with zero attached hydrogens (tertiary/aromatic N) is 1. The Morgan fingerprint density at radius 3 is 2.77 bits per heavy atom. The van der Waals surface area contributed by atoms with Gasteiger partial charge in [0.1, 0.15) is 5.75 Å². The number of carbonyl (C=O) groups excluding carboxylic acids is 1. The predicted octanol–water partition coefficient (Wildman–Crippen LogP) is 2.34. The monoisotopic (exact) mass is 243 g/mol. The molecular formula is C9H10BrNO2. The number of benzene rings is 1. The number of rotatable bonds is 3. The van der Waals surface area contributed by atoms with Gasteiger partial charge in [0.05, 0.1) is 11.3 Å². The third kappa shape index (κ3) is 2.21. The number of phenolic OH excluding ortho intramolecular Hbond substituents is 1. The lowest BCUT2D eigenvalue weighted by molar-refractivity contribution is 0.112. The molecular weight excluding hydrogens is 234 g/mol. The van der Waals surface area contributed by atoms with E-state index >= 15 is 0 Å². The van der Waals surface area contributed by atoms with Gasteiger partial charge in [0.25, 0.3) is 0 Å². The minimum absolute atomic E-state index is 0.00500. The van der Waals surface area contributed by atoms with E-state index in [1.54, 1.807) is 22.1 Å². The molecule has 0 radical (unpaired) electrons. The van der Waals surface area contributed by atoms with Crippen LogP contribution in [0, 0.1) is 0 Å². The van der Waals surface area contributed by atoms with Crippen molar-refractivity contribution in [2.24, 2.45) is 0 Å². The first-order valence-electron chi connectivity index (χ1n) is 3.90. The zero-order valence-electron chi connectivity index (χ0n) is 7.20. The molecule has 70 valence electrons. The Bertz CT molecular complexity index is 314. The van der Waals surface area contributed by atoms with Gasteiger partial charge in [0.2, 0.25) is 0 Å². The summed E-state index contributed by atoms with van der Waals surface area (Å²) in [5.74, 6) is 0.00500. The summed E-state index contributed by atoms with van der Waals surface area (Å²) in [5.41, 5.74) is 1.13. The second kappa shape index (κ2) is 4.28. The molecule has 3 nitrogen and oxygen atoms in total. The molecule has 0 unspecified atom stereocenters. The highest BCUT2D eigenvalue weighted by Crippen LogP contribution is 2.25. The lowest BCUT2D eigenvalue weighted by Crippen LogP contribution is -2.07. The van der Waals surface area contributed by atoms with Crippen molar-refractivity contribution >= 4 is 28.1 Å². The predicted molar refractivity (Wildman–Crippen MR) is 55.4 cm³/mol. The number of anilines is 1. The molecule has 0 fully saturated rings. The van der Waals surface area contributed by atoms with Gasteiger partial charge in [-0.1, -0.05) is 0 Å². The van der Waals surface area contributed by atoms with Crippen LogP contribution < -0.4 is 3.93 Å². The third-order valence-electron chi connectivity index (χ3n) is 1.70. The van der Waals surface area contributed by atoms with Crippen molar-refractivity contribution in [3.05, 3.63) is 23.8 Å². The van der Waals surface area contributed by atoms with Crippen molar-refractivity contribution in [3.63, 3.8) is 0 Å². The molecule has 0 saturated carbocycles. The van der Waals surface area contributed by atoms with Gasteiger partial charge in [0.15, 0.2) is 6.29 Å². The van der Waals surface area contributed by atoms with Crippen LogP contribution in [0.25, 0.3) is 0 Å². The summed E-state index contributed by atoms with van der Waals surface area (Å²) in [7, 11) is 0. The van der Waals surface area contributed by atoms with Gasteiger partial charge in [-0.15, -0.1) is 0 Å². The molecule has 1 N–H and O–H groups in total. The molecule has 0 spiro atoms. The molecule has 0 saturated heterocycles. The van der Waals surface area contributed by atoms with E-state index < -0.39 is 0 Å². The van der Waals surface area contributed by atoms with Crippen LogP contribution in [0.3, 0.4) is 0 Å². The van der Waals surface area contributed by atoms with Crippen molar-refractivity contribution < 1.29 is 9.90 Å². The van der Waals surface area contributed by atoms with Crippen LogP contribution in [0.4, 0.5) is 5.69 Å². The van der Waals surface area contributed by atoms with Crippen LogP contribution in [0.5, 0.6) is 5.75 Å². The van der Waals surface area contributed by atoms with Crippen LogP contribution in [0.15, 0.2) is 18.2 Å². The number of halogens is 1. The highest BCUT2D eigenvalue weighted by atomic mass is 79.9. The van der Waals surface area contributed by atoms with Gasteiger partial charge >= 0.3 is 0 Å². The van der Waals surface area contributed by atoms with Crippen molar-refractivity contribution in [3.8, 4) is 5.75 Å². The fourth-order valence-corrected chi connectivity index (χ4v) is 1.19. The minimum Gasteiger partial charge on any atom is -0.507 e. The molecule has 0 aromatic heterocycles. The molecule has 0 amide bonds. The van der Waals surface area contributed by atoms with Crippen LogP contribution in [0.1, 0.15) is 17.3 Å². The lowest BCUT2D eigenvalue weighted by atomic mass is 10.2. The Morgan fingerprint density at radius 1 is 1.62 bits per heavy atom. The summed E-state index contributed by atoms with van der Waals surface area (Å²) in [6.45, 7) is 2.75. The Kier molecular flexibility index (Phi) is 3.31. The smallest absolute Gasteiger partial charge is 0.153 e. The molecule has 1 aromatic rings. The topological polar surface area (TPSA) is 40.5 Å². The molecule has 1 aromatic carbocycles. The molecule has 0 heterocycles. The van der Waals surface area contributed by atoms with E-state index in [9.17, 15) is 9.90 Å². The van der Waals surface area contributed by atoms with E-state index in [0.717, 1.165) is 12.2 Å². The molecule has 1 rings (SSSR count). The van der Waals surface area contributed by atoms with Crippen molar-refractivity contribution in [2.45, 2.75) is 6.92 Å².